The maximum Gasteiger partial charge on any atom is 0.0361 e. The molecule has 0 aliphatic heterocycles. The van der Waals surface area contributed by atoms with E-state index in [1.165, 1.54) is 128 Å². The summed E-state index contributed by atoms with van der Waals surface area (Å²) in [6.07, 6.45) is 4.39. The molecule has 2 heteroatoms. The third kappa shape index (κ3) is 5.50. The van der Waals surface area contributed by atoms with E-state index in [4.69, 9.17) is 0 Å². The first-order valence-corrected chi connectivity index (χ1v) is 22.5. The van der Waals surface area contributed by atoms with Gasteiger partial charge in [0.25, 0.3) is 0 Å². The highest BCUT2D eigenvalue weighted by Gasteiger charge is 2.24. The van der Waals surface area contributed by atoms with Crippen molar-refractivity contribution in [2.45, 2.75) is 6.92 Å². The first kappa shape index (κ1) is 35.8. The minimum atomic E-state index is 1.18. The minimum Gasteiger partial charge on any atom is -0.135 e. The fourth-order valence-electron chi connectivity index (χ4n) is 10.1. The molecule has 0 aliphatic carbocycles. The summed E-state index contributed by atoms with van der Waals surface area (Å²) in [7, 11) is 0. The Bertz CT molecular complexity index is 3670. The van der Waals surface area contributed by atoms with Crippen LogP contribution in [0, 0.1) is 0 Å². The van der Waals surface area contributed by atoms with E-state index in [2.05, 4.69) is 214 Å². The van der Waals surface area contributed by atoms with Crippen molar-refractivity contribution in [3.8, 4) is 33.4 Å². The van der Waals surface area contributed by atoms with Crippen molar-refractivity contribution < 1.29 is 0 Å². The molecule has 10 aromatic carbocycles. The summed E-state index contributed by atoms with van der Waals surface area (Å²) in [6, 6.07) is 69.7. The van der Waals surface area contributed by atoms with E-state index in [0.29, 0.717) is 0 Å². The second kappa shape index (κ2) is 14.3. The van der Waals surface area contributed by atoms with Crippen LogP contribution in [0.2, 0.25) is 0 Å². The molecule has 0 saturated heterocycles. The average Bonchev–Trinajstić information content (AvgIpc) is 3.88. The number of rotatable bonds is 6. The molecule has 12 rings (SSSR count). The van der Waals surface area contributed by atoms with Crippen LogP contribution in [-0.2, 0) is 0 Å². The highest BCUT2D eigenvalue weighted by molar-refractivity contribution is 7.25. The molecular weight excluding hydrogens is 773 g/mol. The average molecular weight is 811 g/mol. The lowest BCUT2D eigenvalue weighted by Crippen LogP contribution is -1.96. The van der Waals surface area contributed by atoms with E-state index in [1.807, 2.05) is 22.7 Å². The molecule has 0 bridgehead atoms. The molecular formula is C59H38S2. The van der Waals surface area contributed by atoms with Crippen LogP contribution in [0.3, 0.4) is 0 Å². The van der Waals surface area contributed by atoms with Gasteiger partial charge in [-0.2, -0.15) is 0 Å². The van der Waals surface area contributed by atoms with Gasteiger partial charge in [0, 0.05) is 40.7 Å². The maximum atomic E-state index is 4.40. The van der Waals surface area contributed by atoms with E-state index in [-0.39, 0.29) is 0 Å². The normalized spacial score (nSPS) is 12.2. The molecule has 0 radical (unpaired) electrons. The Morgan fingerprint density at radius 3 is 1.38 bits per heavy atom. The molecule has 0 saturated carbocycles. The van der Waals surface area contributed by atoms with Crippen molar-refractivity contribution in [1.82, 2.24) is 0 Å². The molecule has 2 heterocycles. The van der Waals surface area contributed by atoms with Gasteiger partial charge in [-0.1, -0.05) is 183 Å². The van der Waals surface area contributed by atoms with Crippen LogP contribution in [0.5, 0.6) is 0 Å². The summed E-state index contributed by atoms with van der Waals surface area (Å²) in [4.78, 5) is 1.18. The lowest BCUT2D eigenvalue weighted by atomic mass is 9.83. The third-order valence-electron chi connectivity index (χ3n) is 12.6. The van der Waals surface area contributed by atoms with Crippen LogP contribution >= 0.6 is 22.7 Å². The topological polar surface area (TPSA) is 0 Å². The van der Waals surface area contributed by atoms with Crippen molar-refractivity contribution in [1.29, 1.82) is 0 Å². The van der Waals surface area contributed by atoms with Gasteiger partial charge in [-0.15, -0.1) is 22.7 Å². The Morgan fingerprint density at radius 2 is 0.803 bits per heavy atom. The van der Waals surface area contributed by atoms with E-state index in [0.717, 1.165) is 0 Å². The lowest BCUT2D eigenvalue weighted by Gasteiger charge is -2.20. The Kier molecular flexibility index (Phi) is 8.38. The predicted molar refractivity (Wildman–Crippen MR) is 270 cm³/mol. The van der Waals surface area contributed by atoms with E-state index < -0.39 is 0 Å². The van der Waals surface area contributed by atoms with Gasteiger partial charge in [0.2, 0.25) is 0 Å². The summed E-state index contributed by atoms with van der Waals surface area (Å²) in [5.74, 6) is 0. The second-order valence-electron chi connectivity index (χ2n) is 15.8. The first-order valence-electron chi connectivity index (χ1n) is 20.9. The quantitative estimate of drug-likeness (QED) is 0.147. The number of allylic oxidation sites excluding steroid dienone is 1. The Morgan fingerprint density at radius 1 is 0.361 bits per heavy atom. The number of hydrogen-bond acceptors (Lipinski definition) is 2. The van der Waals surface area contributed by atoms with Gasteiger partial charge >= 0.3 is 0 Å². The first-order chi connectivity index (χ1) is 30.2. The highest BCUT2D eigenvalue weighted by atomic mass is 32.1. The lowest BCUT2D eigenvalue weighted by molar-refractivity contribution is 1.63. The monoisotopic (exact) mass is 810 g/mol. The van der Waals surface area contributed by atoms with Crippen molar-refractivity contribution in [2.75, 3.05) is 0 Å². The number of benzene rings is 10. The van der Waals surface area contributed by atoms with Crippen molar-refractivity contribution in [3.63, 3.8) is 0 Å². The van der Waals surface area contributed by atoms with Crippen molar-refractivity contribution >= 4 is 108 Å². The van der Waals surface area contributed by atoms with Crippen LogP contribution in [-0.4, -0.2) is 0 Å². The van der Waals surface area contributed by atoms with Gasteiger partial charge in [-0.3, -0.25) is 0 Å². The third-order valence-corrected chi connectivity index (χ3v) is 14.9. The molecule has 0 aliphatic rings. The largest absolute Gasteiger partial charge is 0.135 e. The Balaban J connectivity index is 1.11. The van der Waals surface area contributed by atoms with Crippen LogP contribution < -0.4 is 0 Å². The Labute approximate surface area is 362 Å². The smallest absolute Gasteiger partial charge is 0.0361 e. The van der Waals surface area contributed by atoms with Crippen LogP contribution in [0.4, 0.5) is 0 Å². The van der Waals surface area contributed by atoms with E-state index in [9.17, 15) is 0 Å². The summed E-state index contributed by atoms with van der Waals surface area (Å²) in [6.45, 7) is 6.60. The van der Waals surface area contributed by atoms with Gasteiger partial charge in [-0.05, 0) is 119 Å². The molecule has 0 spiro atoms. The molecule has 0 unspecified atom stereocenters. The zero-order valence-corrected chi connectivity index (χ0v) is 35.2. The fourth-order valence-corrected chi connectivity index (χ4v) is 12.3. The molecule has 12 aromatic rings. The van der Waals surface area contributed by atoms with Gasteiger partial charge in [0.15, 0.2) is 0 Å². The summed E-state index contributed by atoms with van der Waals surface area (Å²) in [5.41, 5.74) is 11.3. The Hall–Kier alpha value is -7.10. The van der Waals surface area contributed by atoms with Crippen molar-refractivity contribution in [2.24, 2.45) is 0 Å². The van der Waals surface area contributed by atoms with Gasteiger partial charge < -0.3 is 0 Å². The molecule has 0 fully saturated rings. The molecule has 0 N–H and O–H groups in total. The van der Waals surface area contributed by atoms with Crippen LogP contribution in [0.15, 0.2) is 201 Å². The number of thiophene rings is 2. The zero-order valence-electron chi connectivity index (χ0n) is 33.6. The SMILES string of the molecule is C=Cc1sc2ccc(-c3c4ccccc4c(-c4ccccc4)c4ccccc34)cc2c1/C(=C\C)c1c2ccccc2c(-c2ccc3c(c2)sc2ccccc23)c2ccccc12. The summed E-state index contributed by atoms with van der Waals surface area (Å²) < 4.78 is 3.90. The number of fused-ring (bicyclic) bond motifs is 8. The van der Waals surface area contributed by atoms with Gasteiger partial charge in [-0.25, -0.2) is 0 Å². The molecule has 0 nitrogen and oxygen atoms in total. The molecule has 0 atom stereocenters. The minimum absolute atomic E-state index is 1.18. The van der Waals surface area contributed by atoms with Gasteiger partial charge in [0.05, 0.1) is 0 Å². The van der Waals surface area contributed by atoms with Gasteiger partial charge in [0.1, 0.15) is 0 Å². The standard InChI is InChI=1S/C59H38S2/c1-3-39(58-48-27-14-12-25-46(48)57(47-26-13-15-28-49(47)58)38-30-32-41-40-20-16-17-29-52(40)61-54(41)35-38)59-50-34-37(31-33-53(50)60-51(59)4-2)56-44-23-10-8-21-42(44)55(36-18-6-5-7-19-36)43-22-9-11-24-45(43)56/h3-35H,2H2,1H3/b39-3-. The van der Waals surface area contributed by atoms with Crippen molar-refractivity contribution in [3.05, 3.63) is 217 Å². The predicted octanol–water partition coefficient (Wildman–Crippen LogP) is 18.0. The fraction of sp³-hybridized carbons (Fsp3) is 0.0169. The molecule has 2 aromatic heterocycles. The van der Waals surface area contributed by atoms with Crippen LogP contribution in [0.25, 0.3) is 118 Å². The molecule has 61 heavy (non-hydrogen) atoms. The summed E-state index contributed by atoms with van der Waals surface area (Å²) in [5, 5.41) is 13.9. The number of hydrogen-bond donors (Lipinski definition) is 0. The maximum absolute atomic E-state index is 4.40. The second-order valence-corrected chi connectivity index (χ2v) is 18.0. The van der Waals surface area contributed by atoms with E-state index >= 15 is 0 Å². The van der Waals surface area contributed by atoms with Crippen LogP contribution in [0.1, 0.15) is 22.9 Å². The highest BCUT2D eigenvalue weighted by Crippen LogP contribution is 2.50. The zero-order chi connectivity index (χ0) is 40.6. The van der Waals surface area contributed by atoms with E-state index in [1.54, 1.807) is 0 Å². The molecule has 286 valence electrons. The summed E-state index contributed by atoms with van der Waals surface area (Å²) >= 11 is 3.71. The molecule has 0 amide bonds.